The van der Waals surface area contributed by atoms with Gasteiger partial charge in [-0.3, -0.25) is 9.59 Å². The van der Waals surface area contributed by atoms with Gasteiger partial charge in [-0.2, -0.15) is 0 Å². The standard InChI is InChI=1S/C28H28N4O2/c1-19-10-11-21(16-20(19)2)18-29-26(33)22-12-13-24-25(17-22)30-28(31-14-6-7-15-31)32(27(24)34)23-8-4-3-5-9-23/h3-5,8-13,16-17H,6-7,14-15,18H2,1-2H3,(H,29,33). The maximum Gasteiger partial charge on any atom is 0.267 e. The Balaban J connectivity index is 1.50. The summed E-state index contributed by atoms with van der Waals surface area (Å²) in [5, 5.41) is 3.49. The van der Waals surface area contributed by atoms with Crippen molar-refractivity contribution >= 4 is 22.8 Å². The van der Waals surface area contributed by atoms with E-state index in [9.17, 15) is 9.59 Å². The number of fused-ring (bicyclic) bond motifs is 1. The number of hydrogen-bond acceptors (Lipinski definition) is 4. The Morgan fingerprint density at radius 1 is 0.941 bits per heavy atom. The predicted molar refractivity (Wildman–Crippen MR) is 136 cm³/mol. The van der Waals surface area contributed by atoms with E-state index in [1.807, 2.05) is 36.4 Å². The van der Waals surface area contributed by atoms with Crippen LogP contribution in [-0.2, 0) is 6.54 Å². The first-order valence-electron chi connectivity index (χ1n) is 11.7. The van der Waals surface area contributed by atoms with Crippen LogP contribution in [0.1, 0.15) is 39.9 Å². The number of amides is 1. The molecule has 0 aliphatic carbocycles. The zero-order valence-corrected chi connectivity index (χ0v) is 19.5. The Kier molecular flexibility index (Phi) is 5.88. The summed E-state index contributed by atoms with van der Waals surface area (Å²) >= 11 is 0. The van der Waals surface area contributed by atoms with E-state index >= 15 is 0 Å². The second-order valence-electron chi connectivity index (χ2n) is 8.92. The molecule has 1 aromatic heterocycles. The molecule has 4 aromatic rings. The minimum atomic E-state index is -0.183. The maximum absolute atomic E-state index is 13.6. The third-order valence-corrected chi connectivity index (χ3v) is 6.54. The van der Waals surface area contributed by atoms with Crippen molar-refractivity contribution in [2.75, 3.05) is 18.0 Å². The molecule has 2 heterocycles. The molecule has 1 amide bonds. The van der Waals surface area contributed by atoms with Crippen LogP contribution in [-0.4, -0.2) is 28.5 Å². The molecule has 6 nitrogen and oxygen atoms in total. The van der Waals surface area contributed by atoms with E-state index < -0.39 is 0 Å². The Hall–Kier alpha value is -3.93. The van der Waals surface area contributed by atoms with Gasteiger partial charge in [0.1, 0.15) is 0 Å². The van der Waals surface area contributed by atoms with Crippen LogP contribution in [0.15, 0.2) is 71.5 Å². The average molecular weight is 453 g/mol. The highest BCUT2D eigenvalue weighted by atomic mass is 16.1. The third kappa shape index (κ3) is 4.19. The Morgan fingerprint density at radius 2 is 1.71 bits per heavy atom. The van der Waals surface area contributed by atoms with Gasteiger partial charge in [0.2, 0.25) is 5.95 Å². The van der Waals surface area contributed by atoms with Crippen molar-refractivity contribution in [1.29, 1.82) is 0 Å². The largest absolute Gasteiger partial charge is 0.348 e. The first-order valence-corrected chi connectivity index (χ1v) is 11.7. The second kappa shape index (κ2) is 9.14. The lowest BCUT2D eigenvalue weighted by Crippen LogP contribution is -2.30. The molecule has 3 aromatic carbocycles. The van der Waals surface area contributed by atoms with Crippen molar-refractivity contribution in [1.82, 2.24) is 14.9 Å². The van der Waals surface area contributed by atoms with Crippen LogP contribution in [0.2, 0.25) is 0 Å². The van der Waals surface area contributed by atoms with Gasteiger partial charge in [0.05, 0.1) is 16.6 Å². The first kappa shape index (κ1) is 21.9. The first-order chi connectivity index (χ1) is 16.5. The van der Waals surface area contributed by atoms with Crippen molar-refractivity contribution < 1.29 is 4.79 Å². The monoisotopic (exact) mass is 452 g/mol. The van der Waals surface area contributed by atoms with E-state index in [2.05, 4.69) is 36.2 Å². The molecule has 0 atom stereocenters. The van der Waals surface area contributed by atoms with E-state index in [1.165, 1.54) is 11.1 Å². The fourth-order valence-electron chi connectivity index (χ4n) is 4.45. The van der Waals surface area contributed by atoms with Crippen molar-refractivity contribution in [3.8, 4) is 5.69 Å². The molecule has 1 N–H and O–H groups in total. The van der Waals surface area contributed by atoms with Crippen LogP contribution in [0.3, 0.4) is 0 Å². The number of rotatable bonds is 5. The summed E-state index contributed by atoms with van der Waals surface area (Å²) in [7, 11) is 0. The molecule has 1 fully saturated rings. The smallest absolute Gasteiger partial charge is 0.267 e. The molecular formula is C28H28N4O2. The second-order valence-corrected chi connectivity index (χ2v) is 8.92. The number of hydrogen-bond donors (Lipinski definition) is 1. The van der Waals surface area contributed by atoms with Crippen molar-refractivity contribution in [2.45, 2.75) is 33.2 Å². The fourth-order valence-corrected chi connectivity index (χ4v) is 4.45. The van der Waals surface area contributed by atoms with Crippen LogP contribution < -0.4 is 15.8 Å². The number of nitrogens with one attached hydrogen (secondary N) is 1. The zero-order chi connectivity index (χ0) is 23.7. The van der Waals surface area contributed by atoms with Gasteiger partial charge in [-0.15, -0.1) is 0 Å². The predicted octanol–water partition coefficient (Wildman–Crippen LogP) is 4.53. The van der Waals surface area contributed by atoms with Crippen LogP contribution in [0.25, 0.3) is 16.6 Å². The maximum atomic E-state index is 13.6. The number of para-hydroxylation sites is 1. The number of aryl methyl sites for hydroxylation is 2. The third-order valence-electron chi connectivity index (χ3n) is 6.54. The van der Waals surface area contributed by atoms with Gasteiger partial charge in [-0.05, 0) is 73.7 Å². The number of carbonyl (C=O) groups is 1. The number of nitrogens with zero attached hydrogens (tertiary/aromatic N) is 3. The molecule has 1 saturated heterocycles. The highest BCUT2D eigenvalue weighted by Gasteiger charge is 2.21. The molecule has 1 aliphatic rings. The van der Waals surface area contributed by atoms with E-state index in [1.54, 1.807) is 22.8 Å². The number of anilines is 1. The minimum Gasteiger partial charge on any atom is -0.348 e. The van der Waals surface area contributed by atoms with Gasteiger partial charge < -0.3 is 10.2 Å². The zero-order valence-electron chi connectivity index (χ0n) is 19.5. The molecule has 0 saturated carbocycles. The Labute approximate surface area is 198 Å². The highest BCUT2D eigenvalue weighted by Crippen LogP contribution is 2.23. The topological polar surface area (TPSA) is 67.2 Å². The van der Waals surface area contributed by atoms with Gasteiger partial charge in [0.25, 0.3) is 11.5 Å². The summed E-state index contributed by atoms with van der Waals surface area (Å²) in [6.07, 6.45) is 2.15. The normalized spacial score (nSPS) is 13.4. The van der Waals surface area contributed by atoms with Gasteiger partial charge in [-0.1, -0.05) is 36.4 Å². The van der Waals surface area contributed by atoms with Crippen molar-refractivity contribution in [3.63, 3.8) is 0 Å². The molecular weight excluding hydrogens is 424 g/mol. The summed E-state index contributed by atoms with van der Waals surface area (Å²) in [4.78, 5) is 33.5. The lowest BCUT2D eigenvalue weighted by Gasteiger charge is -2.22. The van der Waals surface area contributed by atoms with Crippen molar-refractivity contribution in [2.24, 2.45) is 0 Å². The molecule has 0 radical (unpaired) electrons. The molecule has 5 rings (SSSR count). The van der Waals surface area contributed by atoms with Crippen LogP contribution in [0.4, 0.5) is 5.95 Å². The summed E-state index contributed by atoms with van der Waals surface area (Å²) < 4.78 is 1.69. The number of benzene rings is 3. The average Bonchev–Trinajstić information content (AvgIpc) is 3.39. The molecule has 0 unspecified atom stereocenters. The molecule has 1 aliphatic heterocycles. The van der Waals surface area contributed by atoms with Crippen LogP contribution >= 0.6 is 0 Å². The van der Waals surface area contributed by atoms with E-state index in [-0.39, 0.29) is 11.5 Å². The number of aromatic nitrogens is 2. The van der Waals surface area contributed by atoms with E-state index in [4.69, 9.17) is 4.98 Å². The lowest BCUT2D eigenvalue weighted by atomic mass is 10.1. The summed E-state index contributed by atoms with van der Waals surface area (Å²) in [6.45, 7) is 6.31. The van der Waals surface area contributed by atoms with Crippen LogP contribution in [0, 0.1) is 13.8 Å². The van der Waals surface area contributed by atoms with E-state index in [0.717, 1.165) is 37.2 Å². The van der Waals surface area contributed by atoms with Gasteiger partial charge in [-0.25, -0.2) is 9.55 Å². The molecule has 172 valence electrons. The Bertz CT molecular complexity index is 1420. The summed E-state index contributed by atoms with van der Waals surface area (Å²) in [5.41, 5.74) is 5.18. The van der Waals surface area contributed by atoms with Gasteiger partial charge in [0.15, 0.2) is 0 Å². The number of carbonyl (C=O) groups excluding carboxylic acids is 1. The molecule has 6 heteroatoms. The van der Waals surface area contributed by atoms with E-state index in [0.29, 0.717) is 29.0 Å². The van der Waals surface area contributed by atoms with Gasteiger partial charge in [0, 0.05) is 25.2 Å². The summed E-state index contributed by atoms with van der Waals surface area (Å²) in [5.74, 6) is 0.450. The highest BCUT2D eigenvalue weighted by molar-refractivity contribution is 5.97. The quantitative estimate of drug-likeness (QED) is 0.483. The minimum absolute atomic E-state index is 0.125. The molecule has 0 bridgehead atoms. The SMILES string of the molecule is Cc1ccc(CNC(=O)c2ccc3c(=O)n(-c4ccccc4)c(N4CCCC4)nc3c2)cc1C. The molecule has 0 spiro atoms. The van der Waals surface area contributed by atoms with Crippen LogP contribution in [0.5, 0.6) is 0 Å². The lowest BCUT2D eigenvalue weighted by molar-refractivity contribution is 0.0951. The molecule has 34 heavy (non-hydrogen) atoms. The van der Waals surface area contributed by atoms with Gasteiger partial charge >= 0.3 is 0 Å². The fraction of sp³-hybridized carbons (Fsp3) is 0.250. The Morgan fingerprint density at radius 3 is 2.44 bits per heavy atom. The van der Waals surface area contributed by atoms with Crippen molar-refractivity contribution in [3.05, 3.63) is 99.3 Å². The summed E-state index contributed by atoms with van der Waals surface area (Å²) in [6, 6.07) is 20.9.